The van der Waals surface area contributed by atoms with Gasteiger partial charge in [-0.05, 0) is 70.1 Å². The van der Waals surface area contributed by atoms with Gasteiger partial charge in [0.1, 0.15) is 8.07 Å². The van der Waals surface area contributed by atoms with Crippen molar-refractivity contribution in [1.82, 2.24) is 19.1 Å². The van der Waals surface area contributed by atoms with Crippen LogP contribution in [0.15, 0.2) is 158 Å². The lowest BCUT2D eigenvalue weighted by atomic mass is 9.97. The first kappa shape index (κ1) is 28.5. The summed E-state index contributed by atoms with van der Waals surface area (Å²) in [6.45, 7) is 4.91. The second-order valence-electron chi connectivity index (χ2n) is 14.3. The Hall–Kier alpha value is -6.30. The zero-order valence-electron chi connectivity index (χ0n) is 28.3. The minimum absolute atomic E-state index is 0.728. The number of hydrogen-bond acceptors (Lipinski definition) is 2. The molecule has 0 spiro atoms. The normalized spacial score (nSPS) is 13.5. The summed E-state index contributed by atoms with van der Waals surface area (Å²) in [4.78, 5) is 11.2. The van der Waals surface area contributed by atoms with Crippen LogP contribution in [0, 0.1) is 0 Å². The van der Waals surface area contributed by atoms with Crippen LogP contribution in [0.5, 0.6) is 0 Å². The third kappa shape index (κ3) is 3.95. The zero-order valence-corrected chi connectivity index (χ0v) is 29.3. The van der Waals surface area contributed by atoms with Crippen molar-refractivity contribution < 1.29 is 0 Å². The van der Waals surface area contributed by atoms with E-state index in [-0.39, 0.29) is 0 Å². The molecule has 1 aliphatic heterocycles. The Kier molecular flexibility index (Phi) is 5.79. The molecule has 0 N–H and O–H groups in total. The van der Waals surface area contributed by atoms with Gasteiger partial charge in [-0.25, -0.2) is 9.97 Å². The summed E-state index contributed by atoms with van der Waals surface area (Å²) in [6.07, 6.45) is 0. The number of nitrogens with zero attached hydrogens (tertiary/aromatic N) is 4. The second-order valence-corrected chi connectivity index (χ2v) is 18.5. The maximum absolute atomic E-state index is 5.62. The number of hydrogen-bond donors (Lipinski definition) is 0. The molecular weight excluding hydrogens is 637 g/mol. The lowest BCUT2D eigenvalue weighted by Gasteiger charge is -2.19. The summed E-state index contributed by atoms with van der Waals surface area (Å²) >= 11 is 0. The highest BCUT2D eigenvalue weighted by Gasteiger charge is 2.42. The summed E-state index contributed by atoms with van der Waals surface area (Å²) in [7, 11) is -2.25. The Morgan fingerprint density at radius 1 is 0.471 bits per heavy atom. The third-order valence-corrected chi connectivity index (χ3v) is 14.4. The molecule has 0 bridgehead atoms. The maximum Gasteiger partial charge on any atom is 0.235 e. The van der Waals surface area contributed by atoms with E-state index >= 15 is 0 Å². The molecule has 0 radical (unpaired) electrons. The number of aromatic nitrogens is 4. The first-order valence-corrected chi connectivity index (χ1v) is 20.6. The van der Waals surface area contributed by atoms with Gasteiger partial charge in [-0.3, -0.25) is 4.57 Å². The first-order chi connectivity index (χ1) is 25.1. The van der Waals surface area contributed by atoms with E-state index in [1.165, 1.54) is 65.0 Å². The van der Waals surface area contributed by atoms with Crippen molar-refractivity contribution in [3.05, 3.63) is 158 Å². The standard InChI is InChI=1S/C46H32N4Si/c1-51(2)42-28-30-15-7-6-14-29(30)26-37(42)43-44(47-46(48-45(43)51)50-39-22-12-8-18-33(39)34-19-9-13-23-40(34)50)31-24-25-41-36(27-31)35-20-10-11-21-38(35)49(41)32-16-4-3-5-17-32/h3-28H,1-2H3. The van der Waals surface area contributed by atoms with Crippen molar-refractivity contribution in [2.75, 3.05) is 0 Å². The largest absolute Gasteiger partial charge is 0.309 e. The van der Waals surface area contributed by atoms with E-state index in [0.717, 1.165) is 33.9 Å². The number of rotatable bonds is 3. The molecule has 0 atom stereocenters. The molecule has 4 nitrogen and oxygen atoms in total. The molecule has 7 aromatic carbocycles. The zero-order chi connectivity index (χ0) is 33.8. The van der Waals surface area contributed by atoms with Gasteiger partial charge in [-0.2, -0.15) is 0 Å². The van der Waals surface area contributed by atoms with Crippen LogP contribution in [-0.4, -0.2) is 27.2 Å². The van der Waals surface area contributed by atoms with E-state index in [9.17, 15) is 0 Å². The highest BCUT2D eigenvalue weighted by Crippen LogP contribution is 2.41. The minimum atomic E-state index is -2.25. The second kappa shape index (κ2) is 10.4. The fourth-order valence-corrected chi connectivity index (χ4v) is 11.6. The van der Waals surface area contributed by atoms with Crippen LogP contribution < -0.4 is 10.5 Å². The summed E-state index contributed by atoms with van der Waals surface area (Å²) in [5.41, 5.74) is 10.3. The van der Waals surface area contributed by atoms with E-state index < -0.39 is 8.07 Å². The highest BCUT2D eigenvalue weighted by molar-refractivity contribution is 7.03. The van der Waals surface area contributed by atoms with Crippen molar-refractivity contribution in [2.24, 2.45) is 0 Å². The Morgan fingerprint density at radius 3 is 1.71 bits per heavy atom. The van der Waals surface area contributed by atoms with Crippen molar-refractivity contribution in [2.45, 2.75) is 13.1 Å². The van der Waals surface area contributed by atoms with Crippen molar-refractivity contribution in [1.29, 1.82) is 0 Å². The van der Waals surface area contributed by atoms with E-state index in [1.807, 2.05) is 0 Å². The fourth-order valence-electron chi connectivity index (χ4n) is 8.67. The number of benzene rings is 7. The fraction of sp³-hybridized carbons (Fsp3) is 0.0435. The maximum atomic E-state index is 5.62. The predicted molar refractivity (Wildman–Crippen MR) is 216 cm³/mol. The Labute approximate surface area is 295 Å². The molecule has 3 aromatic heterocycles. The smallest absolute Gasteiger partial charge is 0.235 e. The molecular formula is C46H32N4Si. The Balaban J connectivity index is 1.26. The summed E-state index contributed by atoms with van der Waals surface area (Å²) in [5.74, 6) is 0.728. The summed E-state index contributed by atoms with van der Waals surface area (Å²) < 4.78 is 4.65. The minimum Gasteiger partial charge on any atom is -0.309 e. The molecule has 0 saturated carbocycles. The highest BCUT2D eigenvalue weighted by atomic mass is 28.3. The van der Waals surface area contributed by atoms with E-state index in [0.29, 0.717) is 0 Å². The van der Waals surface area contributed by atoms with Crippen molar-refractivity contribution in [3.63, 3.8) is 0 Å². The van der Waals surface area contributed by atoms with Gasteiger partial charge in [0.25, 0.3) is 0 Å². The average Bonchev–Trinajstić information content (AvgIpc) is 3.77. The molecule has 4 heterocycles. The quantitative estimate of drug-likeness (QED) is 0.176. The molecule has 0 amide bonds. The molecule has 1 aliphatic rings. The number of fused-ring (bicyclic) bond motifs is 10. The van der Waals surface area contributed by atoms with Crippen LogP contribution in [0.3, 0.4) is 0 Å². The van der Waals surface area contributed by atoms with Crippen LogP contribution in [0.2, 0.25) is 13.1 Å². The predicted octanol–water partition coefficient (Wildman–Crippen LogP) is 10.3. The lowest BCUT2D eigenvalue weighted by molar-refractivity contribution is 1.01. The van der Waals surface area contributed by atoms with Gasteiger partial charge in [-0.15, -0.1) is 0 Å². The first-order valence-electron chi connectivity index (χ1n) is 17.6. The van der Waals surface area contributed by atoms with Crippen molar-refractivity contribution >= 4 is 73.0 Å². The van der Waals surface area contributed by atoms with E-state index in [2.05, 4.69) is 180 Å². The SMILES string of the molecule is C[Si]1(C)c2cc3ccccc3cc2-c2c(-c3ccc4c(c3)c3ccccc3n4-c3ccccc3)nc(-n3c4ccccc4c4ccccc43)nc21. The molecule has 240 valence electrons. The van der Waals surface area contributed by atoms with Crippen molar-refractivity contribution in [3.8, 4) is 34.0 Å². The van der Waals surface area contributed by atoms with Gasteiger partial charge in [-0.1, -0.05) is 122 Å². The molecule has 5 heteroatoms. The Bertz CT molecular complexity index is 3010. The molecule has 10 aromatic rings. The number of para-hydroxylation sites is 4. The molecule has 0 unspecified atom stereocenters. The van der Waals surface area contributed by atoms with Crippen LogP contribution in [0.4, 0.5) is 0 Å². The molecule has 0 fully saturated rings. The molecule has 0 saturated heterocycles. The molecule has 11 rings (SSSR count). The van der Waals surface area contributed by atoms with Gasteiger partial charge in [0.05, 0.1) is 27.8 Å². The Morgan fingerprint density at radius 2 is 1.02 bits per heavy atom. The molecule has 51 heavy (non-hydrogen) atoms. The average molecular weight is 669 g/mol. The van der Waals surface area contributed by atoms with Crippen LogP contribution in [0.25, 0.3) is 88.4 Å². The summed E-state index contributed by atoms with van der Waals surface area (Å²) in [6, 6.07) is 57.1. The summed E-state index contributed by atoms with van der Waals surface area (Å²) in [5, 5.41) is 10.00. The lowest BCUT2D eigenvalue weighted by Crippen LogP contribution is -2.51. The van der Waals surface area contributed by atoms with Gasteiger partial charge >= 0.3 is 0 Å². The van der Waals surface area contributed by atoms with Gasteiger partial charge in [0, 0.05) is 43.7 Å². The van der Waals surface area contributed by atoms with Gasteiger partial charge < -0.3 is 4.57 Å². The topological polar surface area (TPSA) is 35.6 Å². The molecule has 0 aliphatic carbocycles. The third-order valence-electron chi connectivity index (χ3n) is 11.1. The van der Waals surface area contributed by atoms with Crippen LogP contribution >= 0.6 is 0 Å². The van der Waals surface area contributed by atoms with Crippen LogP contribution in [-0.2, 0) is 0 Å². The van der Waals surface area contributed by atoms with E-state index in [1.54, 1.807) is 0 Å². The van der Waals surface area contributed by atoms with Crippen LogP contribution in [0.1, 0.15) is 0 Å². The van der Waals surface area contributed by atoms with Gasteiger partial charge in [0.2, 0.25) is 5.95 Å². The monoisotopic (exact) mass is 668 g/mol. The van der Waals surface area contributed by atoms with Gasteiger partial charge in [0.15, 0.2) is 0 Å². The van der Waals surface area contributed by atoms with E-state index in [4.69, 9.17) is 9.97 Å².